The molecule has 0 fully saturated rings. The summed E-state index contributed by atoms with van der Waals surface area (Å²) in [5.41, 5.74) is 0. The van der Waals surface area contributed by atoms with Crippen LogP contribution in [-0.4, -0.2) is 36.2 Å². The molecule has 0 spiro atoms. The van der Waals surface area contributed by atoms with E-state index in [1.807, 2.05) is 0 Å². The van der Waals surface area contributed by atoms with E-state index >= 15 is 0 Å². The number of alkyl halides is 2. The van der Waals surface area contributed by atoms with Crippen molar-refractivity contribution >= 4 is 13.1 Å². The number of rotatable bonds is 6. The highest BCUT2D eigenvalue weighted by atomic mass is 19.3. The standard InChI is InChI=1S/C8H13BF2O4/c1-15-7(12)3-2-4-8(10,11)5-6-9(13)14/h5-6,13-14H,2-4H2,1H3/b6-5+. The molecule has 0 aliphatic rings. The summed E-state index contributed by atoms with van der Waals surface area (Å²) in [5, 5.41) is 16.7. The fraction of sp³-hybridized carbons (Fsp3) is 0.625. The Morgan fingerprint density at radius 3 is 2.60 bits per heavy atom. The third kappa shape index (κ3) is 8.08. The number of hydrogen-bond donors (Lipinski definition) is 2. The molecule has 0 unspecified atom stereocenters. The Morgan fingerprint density at radius 1 is 1.53 bits per heavy atom. The average Bonchev–Trinajstić information content (AvgIpc) is 2.14. The first-order chi connectivity index (χ1) is 6.87. The van der Waals surface area contributed by atoms with Crippen LogP contribution in [0.3, 0.4) is 0 Å². The minimum atomic E-state index is -3.14. The summed E-state index contributed by atoms with van der Waals surface area (Å²) in [7, 11) is -0.709. The van der Waals surface area contributed by atoms with Crippen LogP contribution in [0.5, 0.6) is 0 Å². The van der Waals surface area contributed by atoms with Gasteiger partial charge in [-0.3, -0.25) is 4.79 Å². The molecule has 7 heteroatoms. The second-order valence-corrected chi connectivity index (χ2v) is 2.96. The second kappa shape index (κ2) is 6.52. The van der Waals surface area contributed by atoms with E-state index in [9.17, 15) is 13.6 Å². The predicted molar refractivity (Wildman–Crippen MR) is 50.1 cm³/mol. The molecule has 15 heavy (non-hydrogen) atoms. The van der Waals surface area contributed by atoms with Gasteiger partial charge in [0.25, 0.3) is 5.92 Å². The van der Waals surface area contributed by atoms with Gasteiger partial charge in [0.2, 0.25) is 0 Å². The van der Waals surface area contributed by atoms with Crippen molar-refractivity contribution in [2.45, 2.75) is 25.2 Å². The Bertz CT molecular complexity index is 231. The van der Waals surface area contributed by atoms with Gasteiger partial charge in [-0.25, -0.2) is 8.78 Å². The average molecular weight is 222 g/mol. The highest BCUT2D eigenvalue weighted by Gasteiger charge is 2.25. The molecule has 0 rings (SSSR count). The molecule has 2 N–H and O–H groups in total. The molecule has 0 aromatic carbocycles. The monoisotopic (exact) mass is 222 g/mol. The molecule has 0 aromatic rings. The zero-order chi connectivity index (χ0) is 11.9. The minimum absolute atomic E-state index is 0.0223. The smallest absolute Gasteiger partial charge is 0.469 e. The molecule has 0 saturated carbocycles. The van der Waals surface area contributed by atoms with Crippen LogP contribution >= 0.6 is 0 Å². The number of carbonyl (C=O) groups excluding carboxylic acids is 1. The van der Waals surface area contributed by atoms with E-state index in [1.54, 1.807) is 0 Å². The summed E-state index contributed by atoms with van der Waals surface area (Å²) < 4.78 is 30.0. The van der Waals surface area contributed by atoms with Crippen LogP contribution in [0.4, 0.5) is 8.78 Å². The van der Waals surface area contributed by atoms with Gasteiger partial charge in [0.05, 0.1) is 7.11 Å². The number of esters is 1. The highest BCUT2D eigenvalue weighted by Crippen LogP contribution is 2.22. The molecule has 0 aliphatic heterocycles. The number of methoxy groups -OCH3 is 1. The Kier molecular flexibility index (Phi) is 6.11. The largest absolute Gasteiger partial charge is 0.480 e. The lowest BCUT2D eigenvalue weighted by molar-refractivity contribution is -0.140. The molecule has 0 saturated heterocycles. The maximum absolute atomic E-state index is 12.9. The molecule has 4 nitrogen and oxygen atoms in total. The van der Waals surface area contributed by atoms with Crippen molar-refractivity contribution in [3.05, 3.63) is 12.1 Å². The summed E-state index contributed by atoms with van der Waals surface area (Å²) in [5.74, 6) is -3.10. The molecule has 86 valence electrons. The summed E-state index contributed by atoms with van der Waals surface area (Å²) in [4.78, 5) is 10.6. The summed E-state index contributed by atoms with van der Waals surface area (Å²) in [6.45, 7) is 0. The zero-order valence-corrected chi connectivity index (χ0v) is 8.32. The van der Waals surface area contributed by atoms with Crippen LogP contribution in [-0.2, 0) is 9.53 Å². The predicted octanol–water partition coefficient (Wildman–Crippen LogP) is 0.533. The Balaban J connectivity index is 3.88. The molecule has 0 bridgehead atoms. The van der Waals surface area contributed by atoms with Crippen LogP contribution in [0, 0.1) is 0 Å². The van der Waals surface area contributed by atoms with E-state index < -0.39 is 25.4 Å². The van der Waals surface area contributed by atoms with Gasteiger partial charge >= 0.3 is 13.1 Å². The topological polar surface area (TPSA) is 66.8 Å². The van der Waals surface area contributed by atoms with E-state index in [0.717, 1.165) is 0 Å². The lowest BCUT2D eigenvalue weighted by Crippen LogP contribution is -2.16. The lowest BCUT2D eigenvalue weighted by atomic mass is 9.90. The van der Waals surface area contributed by atoms with Gasteiger partial charge in [-0.15, -0.1) is 0 Å². The first-order valence-electron chi connectivity index (χ1n) is 4.37. The van der Waals surface area contributed by atoms with Crippen LogP contribution in [0.15, 0.2) is 12.1 Å². The summed E-state index contributed by atoms with van der Waals surface area (Å²) in [6, 6.07) is 0. The number of halogens is 2. The fourth-order valence-electron chi connectivity index (χ4n) is 0.881. The number of allylic oxidation sites excluding steroid dienone is 1. The number of carbonyl (C=O) groups is 1. The Hall–Kier alpha value is -0.945. The van der Waals surface area contributed by atoms with Crippen molar-refractivity contribution < 1.29 is 28.4 Å². The van der Waals surface area contributed by atoms with Gasteiger partial charge in [-0.1, -0.05) is 5.98 Å². The highest BCUT2D eigenvalue weighted by molar-refractivity contribution is 6.47. The Labute approximate surface area is 86.7 Å². The minimum Gasteiger partial charge on any atom is -0.469 e. The molecule has 0 atom stereocenters. The van der Waals surface area contributed by atoms with Crippen molar-refractivity contribution in [1.29, 1.82) is 0 Å². The van der Waals surface area contributed by atoms with Crippen LogP contribution < -0.4 is 0 Å². The maximum Gasteiger partial charge on any atom is 0.480 e. The molecular weight excluding hydrogens is 209 g/mol. The van der Waals surface area contributed by atoms with Gasteiger partial charge in [0.1, 0.15) is 0 Å². The third-order valence-electron chi connectivity index (χ3n) is 1.63. The first kappa shape index (κ1) is 14.1. The summed E-state index contributed by atoms with van der Waals surface area (Å²) in [6.07, 6.45) is -0.229. The van der Waals surface area contributed by atoms with E-state index in [2.05, 4.69) is 4.74 Å². The van der Waals surface area contributed by atoms with Gasteiger partial charge in [-0.05, 0) is 12.5 Å². The van der Waals surface area contributed by atoms with Crippen molar-refractivity contribution in [3.63, 3.8) is 0 Å². The first-order valence-corrected chi connectivity index (χ1v) is 4.37. The van der Waals surface area contributed by atoms with Crippen LogP contribution in [0.25, 0.3) is 0 Å². The van der Waals surface area contributed by atoms with E-state index in [4.69, 9.17) is 10.0 Å². The van der Waals surface area contributed by atoms with Crippen molar-refractivity contribution in [3.8, 4) is 0 Å². The quantitative estimate of drug-likeness (QED) is 0.508. The lowest BCUT2D eigenvalue weighted by Gasteiger charge is -2.10. The third-order valence-corrected chi connectivity index (χ3v) is 1.63. The van der Waals surface area contributed by atoms with Crippen LogP contribution in [0.1, 0.15) is 19.3 Å². The van der Waals surface area contributed by atoms with E-state index in [1.165, 1.54) is 7.11 Å². The van der Waals surface area contributed by atoms with Crippen LogP contribution in [0.2, 0.25) is 0 Å². The van der Waals surface area contributed by atoms with Gasteiger partial charge in [0.15, 0.2) is 0 Å². The SMILES string of the molecule is COC(=O)CCCC(F)(F)/C=C/B(O)O. The number of hydrogen-bond acceptors (Lipinski definition) is 4. The normalized spacial score (nSPS) is 11.8. The van der Waals surface area contributed by atoms with E-state index in [0.29, 0.717) is 12.1 Å². The van der Waals surface area contributed by atoms with Gasteiger partial charge in [-0.2, -0.15) is 0 Å². The fourth-order valence-corrected chi connectivity index (χ4v) is 0.881. The molecule has 0 aliphatic carbocycles. The van der Waals surface area contributed by atoms with E-state index in [-0.39, 0.29) is 12.8 Å². The second-order valence-electron chi connectivity index (χ2n) is 2.96. The zero-order valence-electron chi connectivity index (χ0n) is 8.32. The molecule has 0 radical (unpaired) electrons. The molecular formula is C8H13BF2O4. The molecule has 0 aromatic heterocycles. The van der Waals surface area contributed by atoms with Gasteiger partial charge < -0.3 is 14.8 Å². The van der Waals surface area contributed by atoms with Crippen molar-refractivity contribution in [2.24, 2.45) is 0 Å². The number of ether oxygens (including phenoxy) is 1. The van der Waals surface area contributed by atoms with Gasteiger partial charge in [0, 0.05) is 12.8 Å². The molecule has 0 heterocycles. The summed E-state index contributed by atoms with van der Waals surface area (Å²) >= 11 is 0. The Morgan fingerprint density at radius 2 is 2.13 bits per heavy atom. The molecule has 0 amide bonds. The maximum atomic E-state index is 12.9. The van der Waals surface area contributed by atoms with Crippen molar-refractivity contribution in [2.75, 3.05) is 7.11 Å². The van der Waals surface area contributed by atoms with Crippen molar-refractivity contribution in [1.82, 2.24) is 0 Å².